The molecule has 0 saturated carbocycles. The van der Waals surface area contributed by atoms with Gasteiger partial charge >= 0.3 is 5.97 Å². The summed E-state index contributed by atoms with van der Waals surface area (Å²) < 4.78 is 5.61. The molecule has 0 aliphatic carbocycles. The van der Waals surface area contributed by atoms with E-state index in [0.717, 1.165) is 17.7 Å². The van der Waals surface area contributed by atoms with E-state index in [4.69, 9.17) is 4.74 Å². The number of carboxylic acid groups (broad SMARTS) is 1. The summed E-state index contributed by atoms with van der Waals surface area (Å²) in [5.74, 6) is -0.282. The predicted octanol–water partition coefficient (Wildman–Crippen LogP) is 2.63. The van der Waals surface area contributed by atoms with Crippen molar-refractivity contribution in [2.45, 2.75) is 46.1 Å². The van der Waals surface area contributed by atoms with Gasteiger partial charge in [-0.15, -0.1) is 0 Å². The van der Waals surface area contributed by atoms with Crippen molar-refractivity contribution in [1.29, 1.82) is 0 Å². The van der Waals surface area contributed by atoms with E-state index >= 15 is 0 Å². The first-order valence-corrected chi connectivity index (χ1v) is 7.73. The smallest absolute Gasteiger partial charge is 0.311 e. The highest BCUT2D eigenvalue weighted by Gasteiger charge is 2.35. The van der Waals surface area contributed by atoms with E-state index in [-0.39, 0.29) is 18.6 Å². The van der Waals surface area contributed by atoms with Crippen LogP contribution < -0.4 is 10.1 Å². The number of carbonyl (C=O) groups excluding carboxylic acids is 1. The first-order chi connectivity index (χ1) is 10.4. The molecule has 1 amide bonds. The zero-order valence-corrected chi connectivity index (χ0v) is 13.3. The van der Waals surface area contributed by atoms with Gasteiger partial charge in [-0.05, 0) is 43.5 Å². The molecule has 1 aromatic carbocycles. The number of benzene rings is 1. The average molecular weight is 305 g/mol. The van der Waals surface area contributed by atoms with Gasteiger partial charge in [0.2, 0.25) is 0 Å². The topological polar surface area (TPSA) is 75.6 Å². The summed E-state index contributed by atoms with van der Waals surface area (Å²) in [6.45, 7) is 5.79. The molecule has 2 N–H and O–H groups in total. The largest absolute Gasteiger partial charge is 0.490 e. The molecule has 0 aromatic heterocycles. The van der Waals surface area contributed by atoms with Crippen molar-refractivity contribution in [2.24, 2.45) is 5.41 Å². The molecule has 0 fully saturated rings. The van der Waals surface area contributed by atoms with Crippen molar-refractivity contribution < 1.29 is 19.4 Å². The molecule has 1 unspecified atom stereocenters. The molecule has 1 aliphatic rings. The van der Waals surface area contributed by atoms with Crippen molar-refractivity contribution in [2.75, 3.05) is 6.54 Å². The standard InChI is InChI=1S/C17H23NO4/c1-4-17(5-2,16(20)21)10-18-15(19)12-6-7-14-13(9-12)8-11(3)22-14/h6-7,9,11H,4-5,8,10H2,1-3H3,(H,18,19)(H,20,21). The second-order valence-corrected chi connectivity index (χ2v) is 5.93. The van der Waals surface area contributed by atoms with E-state index in [9.17, 15) is 14.7 Å². The zero-order chi connectivity index (χ0) is 16.3. The normalized spacial score (nSPS) is 16.8. The number of hydrogen-bond acceptors (Lipinski definition) is 3. The first kappa shape index (κ1) is 16.3. The molecule has 0 radical (unpaired) electrons. The zero-order valence-electron chi connectivity index (χ0n) is 13.3. The Balaban J connectivity index is 2.07. The third-order valence-electron chi connectivity index (χ3n) is 4.55. The van der Waals surface area contributed by atoms with E-state index in [2.05, 4.69) is 5.32 Å². The maximum Gasteiger partial charge on any atom is 0.311 e. The Bertz CT molecular complexity index is 578. The fourth-order valence-electron chi connectivity index (χ4n) is 2.79. The number of amides is 1. The lowest BCUT2D eigenvalue weighted by Crippen LogP contribution is -2.42. The van der Waals surface area contributed by atoms with Gasteiger partial charge in [0.05, 0.1) is 5.41 Å². The fraction of sp³-hybridized carbons (Fsp3) is 0.529. The van der Waals surface area contributed by atoms with Gasteiger partial charge in [0.25, 0.3) is 5.91 Å². The maximum atomic E-state index is 12.3. The van der Waals surface area contributed by atoms with Gasteiger partial charge < -0.3 is 15.2 Å². The van der Waals surface area contributed by atoms with Crippen LogP contribution in [0.5, 0.6) is 5.75 Å². The van der Waals surface area contributed by atoms with E-state index in [1.807, 2.05) is 26.8 Å². The summed E-state index contributed by atoms with van der Waals surface area (Å²) in [6.07, 6.45) is 1.89. The Kier molecular flexibility index (Phi) is 4.74. The van der Waals surface area contributed by atoms with Gasteiger partial charge in [-0.25, -0.2) is 0 Å². The SMILES string of the molecule is CCC(CC)(CNC(=O)c1ccc2c(c1)CC(C)O2)C(=O)O. The molecule has 5 nitrogen and oxygen atoms in total. The third-order valence-corrected chi connectivity index (χ3v) is 4.55. The Morgan fingerprint density at radius 3 is 2.64 bits per heavy atom. The molecule has 0 spiro atoms. The minimum Gasteiger partial charge on any atom is -0.490 e. The van der Waals surface area contributed by atoms with E-state index in [1.165, 1.54) is 0 Å². The van der Waals surface area contributed by atoms with Crippen molar-refractivity contribution >= 4 is 11.9 Å². The summed E-state index contributed by atoms with van der Waals surface area (Å²) >= 11 is 0. The van der Waals surface area contributed by atoms with Gasteiger partial charge in [0.15, 0.2) is 0 Å². The van der Waals surface area contributed by atoms with Crippen LogP contribution in [0.4, 0.5) is 0 Å². The number of aliphatic carboxylic acids is 1. The summed E-state index contributed by atoms with van der Waals surface area (Å²) in [5.41, 5.74) is 0.669. The van der Waals surface area contributed by atoms with Crippen LogP contribution in [-0.4, -0.2) is 29.6 Å². The molecular formula is C17H23NO4. The minimum atomic E-state index is -0.899. The van der Waals surface area contributed by atoms with Crippen LogP contribution in [0.15, 0.2) is 18.2 Å². The lowest BCUT2D eigenvalue weighted by atomic mass is 9.82. The van der Waals surface area contributed by atoms with Crippen molar-refractivity contribution in [3.63, 3.8) is 0 Å². The lowest BCUT2D eigenvalue weighted by Gasteiger charge is -2.26. The molecule has 1 atom stereocenters. The van der Waals surface area contributed by atoms with Crippen LogP contribution in [0, 0.1) is 5.41 Å². The monoisotopic (exact) mass is 305 g/mol. The molecule has 1 aliphatic heterocycles. The van der Waals surface area contributed by atoms with Crippen molar-refractivity contribution in [3.05, 3.63) is 29.3 Å². The van der Waals surface area contributed by atoms with E-state index < -0.39 is 11.4 Å². The van der Waals surface area contributed by atoms with Crippen LogP contribution in [0.3, 0.4) is 0 Å². The van der Waals surface area contributed by atoms with E-state index in [1.54, 1.807) is 12.1 Å². The average Bonchev–Trinajstić information content (AvgIpc) is 2.87. The quantitative estimate of drug-likeness (QED) is 0.847. The molecule has 0 saturated heterocycles. The number of nitrogens with one attached hydrogen (secondary N) is 1. The summed E-state index contributed by atoms with van der Waals surface area (Å²) in [6, 6.07) is 5.35. The Morgan fingerprint density at radius 2 is 2.05 bits per heavy atom. The molecule has 1 aromatic rings. The van der Waals surface area contributed by atoms with E-state index in [0.29, 0.717) is 18.4 Å². The molecule has 22 heavy (non-hydrogen) atoms. The second kappa shape index (κ2) is 6.38. The summed E-state index contributed by atoms with van der Waals surface area (Å²) in [4.78, 5) is 23.7. The highest BCUT2D eigenvalue weighted by Crippen LogP contribution is 2.30. The Morgan fingerprint density at radius 1 is 1.36 bits per heavy atom. The molecule has 2 rings (SSSR count). The number of carbonyl (C=O) groups is 2. The van der Waals surface area contributed by atoms with Gasteiger partial charge in [0.1, 0.15) is 11.9 Å². The molecule has 1 heterocycles. The third kappa shape index (κ3) is 3.08. The Labute approximate surface area is 130 Å². The van der Waals surface area contributed by atoms with Gasteiger partial charge in [-0.3, -0.25) is 9.59 Å². The van der Waals surface area contributed by atoms with Crippen molar-refractivity contribution in [1.82, 2.24) is 5.32 Å². The first-order valence-electron chi connectivity index (χ1n) is 7.73. The van der Waals surface area contributed by atoms with Crippen LogP contribution in [0.1, 0.15) is 49.5 Å². The number of ether oxygens (including phenoxy) is 1. The fourth-order valence-corrected chi connectivity index (χ4v) is 2.79. The minimum absolute atomic E-state index is 0.133. The Hall–Kier alpha value is -2.04. The highest BCUT2D eigenvalue weighted by atomic mass is 16.5. The predicted molar refractivity (Wildman–Crippen MR) is 83.2 cm³/mol. The van der Waals surface area contributed by atoms with Crippen LogP contribution >= 0.6 is 0 Å². The number of hydrogen-bond donors (Lipinski definition) is 2. The summed E-state index contributed by atoms with van der Waals surface area (Å²) in [5, 5.41) is 12.2. The molecule has 120 valence electrons. The number of rotatable bonds is 6. The highest BCUT2D eigenvalue weighted by molar-refractivity contribution is 5.95. The maximum absolute atomic E-state index is 12.3. The molecule has 0 bridgehead atoms. The summed E-state index contributed by atoms with van der Waals surface area (Å²) in [7, 11) is 0. The second-order valence-electron chi connectivity index (χ2n) is 5.93. The van der Waals surface area contributed by atoms with Crippen LogP contribution in [-0.2, 0) is 11.2 Å². The van der Waals surface area contributed by atoms with Crippen molar-refractivity contribution in [3.8, 4) is 5.75 Å². The van der Waals surface area contributed by atoms with Crippen LogP contribution in [0.2, 0.25) is 0 Å². The molecular weight excluding hydrogens is 282 g/mol. The number of fused-ring (bicyclic) bond motifs is 1. The number of carboxylic acids is 1. The lowest BCUT2D eigenvalue weighted by molar-refractivity contribution is -0.149. The van der Waals surface area contributed by atoms with Gasteiger partial charge in [0, 0.05) is 18.5 Å². The van der Waals surface area contributed by atoms with Gasteiger partial charge in [-0.1, -0.05) is 13.8 Å². The van der Waals surface area contributed by atoms with Crippen LogP contribution in [0.25, 0.3) is 0 Å². The van der Waals surface area contributed by atoms with Gasteiger partial charge in [-0.2, -0.15) is 0 Å². The molecule has 5 heteroatoms.